The van der Waals surface area contributed by atoms with E-state index in [0.29, 0.717) is 6.10 Å². The molecule has 0 aliphatic carbocycles. The van der Waals surface area contributed by atoms with Crippen LogP contribution in [0.15, 0.2) is 4.99 Å². The SMILES string of the molecule is CCCN=C(N)CC1CCCO1. The van der Waals surface area contributed by atoms with Gasteiger partial charge in [0.2, 0.25) is 0 Å². The third kappa shape index (κ3) is 3.22. The number of aliphatic imine (C=N–C) groups is 1. The van der Waals surface area contributed by atoms with Crippen molar-refractivity contribution in [3.63, 3.8) is 0 Å². The fourth-order valence-electron chi connectivity index (χ4n) is 1.36. The van der Waals surface area contributed by atoms with Gasteiger partial charge in [-0.3, -0.25) is 4.99 Å². The lowest BCUT2D eigenvalue weighted by Crippen LogP contribution is -2.20. The first kappa shape index (κ1) is 9.52. The van der Waals surface area contributed by atoms with Crippen LogP contribution in [-0.4, -0.2) is 25.1 Å². The average Bonchev–Trinajstić information content (AvgIpc) is 2.53. The van der Waals surface area contributed by atoms with Crippen LogP contribution in [0.4, 0.5) is 0 Å². The summed E-state index contributed by atoms with van der Waals surface area (Å²) in [4.78, 5) is 4.22. The maximum atomic E-state index is 5.71. The van der Waals surface area contributed by atoms with Gasteiger partial charge in [-0.05, 0) is 19.3 Å². The van der Waals surface area contributed by atoms with Gasteiger partial charge >= 0.3 is 0 Å². The highest BCUT2D eigenvalue weighted by Crippen LogP contribution is 2.14. The normalized spacial score (nSPS) is 24.8. The van der Waals surface area contributed by atoms with Gasteiger partial charge in [0.15, 0.2) is 0 Å². The number of ether oxygens (including phenoxy) is 1. The summed E-state index contributed by atoms with van der Waals surface area (Å²) in [6.07, 6.45) is 4.53. The van der Waals surface area contributed by atoms with Crippen molar-refractivity contribution in [3.05, 3.63) is 0 Å². The van der Waals surface area contributed by atoms with Gasteiger partial charge in [-0.2, -0.15) is 0 Å². The third-order valence-corrected chi connectivity index (χ3v) is 2.00. The second-order valence-electron chi connectivity index (χ2n) is 3.21. The standard InChI is InChI=1S/C9H18N2O/c1-2-5-11-9(10)7-8-4-3-6-12-8/h8H,2-7H2,1H3,(H2,10,11). The topological polar surface area (TPSA) is 47.6 Å². The molecule has 2 N–H and O–H groups in total. The van der Waals surface area contributed by atoms with E-state index in [1.165, 1.54) is 6.42 Å². The van der Waals surface area contributed by atoms with Gasteiger partial charge in [-0.1, -0.05) is 6.92 Å². The van der Waals surface area contributed by atoms with Gasteiger partial charge in [0.25, 0.3) is 0 Å². The molecule has 0 bridgehead atoms. The number of nitrogens with two attached hydrogens (primary N) is 1. The van der Waals surface area contributed by atoms with Crippen LogP contribution in [0.5, 0.6) is 0 Å². The molecule has 1 aliphatic heterocycles. The summed E-state index contributed by atoms with van der Waals surface area (Å²) in [6.45, 7) is 3.84. The van der Waals surface area contributed by atoms with E-state index in [1.54, 1.807) is 0 Å². The summed E-state index contributed by atoms with van der Waals surface area (Å²) < 4.78 is 5.44. The Kier molecular flexibility index (Phi) is 4.08. The van der Waals surface area contributed by atoms with Crippen molar-refractivity contribution in [1.29, 1.82) is 0 Å². The van der Waals surface area contributed by atoms with Crippen LogP contribution in [0.3, 0.4) is 0 Å². The zero-order valence-electron chi connectivity index (χ0n) is 7.75. The highest BCUT2D eigenvalue weighted by molar-refractivity contribution is 5.80. The molecule has 1 saturated heterocycles. The van der Waals surface area contributed by atoms with E-state index in [1.807, 2.05) is 0 Å². The number of hydrogen-bond acceptors (Lipinski definition) is 2. The second-order valence-corrected chi connectivity index (χ2v) is 3.21. The fourth-order valence-corrected chi connectivity index (χ4v) is 1.36. The molecule has 3 nitrogen and oxygen atoms in total. The summed E-state index contributed by atoms with van der Waals surface area (Å²) in [6, 6.07) is 0. The Balaban J connectivity index is 2.19. The minimum atomic E-state index is 0.339. The molecule has 0 spiro atoms. The van der Waals surface area contributed by atoms with Crippen LogP contribution in [0.2, 0.25) is 0 Å². The Morgan fingerprint density at radius 2 is 2.50 bits per heavy atom. The molecule has 1 aliphatic rings. The first-order valence-electron chi connectivity index (χ1n) is 4.73. The predicted octanol–water partition coefficient (Wildman–Crippen LogP) is 1.32. The van der Waals surface area contributed by atoms with Gasteiger partial charge in [0.05, 0.1) is 11.9 Å². The summed E-state index contributed by atoms with van der Waals surface area (Å²) in [5, 5.41) is 0. The summed E-state index contributed by atoms with van der Waals surface area (Å²) in [5.41, 5.74) is 5.71. The van der Waals surface area contributed by atoms with Gasteiger partial charge in [-0.15, -0.1) is 0 Å². The highest BCUT2D eigenvalue weighted by atomic mass is 16.5. The Bertz CT molecular complexity index is 151. The summed E-state index contributed by atoms with van der Waals surface area (Å²) in [5.74, 6) is 0.753. The Hall–Kier alpha value is -0.570. The first-order valence-corrected chi connectivity index (χ1v) is 4.73. The molecule has 1 fully saturated rings. The Morgan fingerprint density at radius 3 is 3.08 bits per heavy atom. The van der Waals surface area contributed by atoms with Crippen LogP contribution in [0, 0.1) is 0 Å². The van der Waals surface area contributed by atoms with E-state index in [9.17, 15) is 0 Å². The van der Waals surface area contributed by atoms with Crippen molar-refractivity contribution in [1.82, 2.24) is 0 Å². The molecular weight excluding hydrogens is 152 g/mol. The van der Waals surface area contributed by atoms with Gasteiger partial charge < -0.3 is 10.5 Å². The maximum Gasteiger partial charge on any atom is 0.0963 e. The van der Waals surface area contributed by atoms with Crippen LogP contribution in [0.25, 0.3) is 0 Å². The number of amidine groups is 1. The molecule has 0 saturated carbocycles. The number of nitrogens with zero attached hydrogens (tertiary/aromatic N) is 1. The molecule has 3 heteroatoms. The lowest BCUT2D eigenvalue weighted by molar-refractivity contribution is 0.116. The molecule has 0 aromatic heterocycles. The van der Waals surface area contributed by atoms with Crippen LogP contribution in [-0.2, 0) is 4.74 Å². The zero-order chi connectivity index (χ0) is 8.81. The molecule has 1 unspecified atom stereocenters. The Labute approximate surface area is 74.0 Å². The van der Waals surface area contributed by atoms with Crippen LogP contribution < -0.4 is 5.73 Å². The molecule has 0 radical (unpaired) electrons. The molecule has 70 valence electrons. The van der Waals surface area contributed by atoms with E-state index in [-0.39, 0.29) is 0 Å². The fraction of sp³-hybridized carbons (Fsp3) is 0.889. The van der Waals surface area contributed by atoms with Crippen molar-refractivity contribution < 1.29 is 4.74 Å². The molecule has 1 heterocycles. The van der Waals surface area contributed by atoms with Crippen LogP contribution in [0.1, 0.15) is 32.6 Å². The number of rotatable bonds is 4. The molecule has 0 aromatic carbocycles. The highest BCUT2D eigenvalue weighted by Gasteiger charge is 2.16. The van der Waals surface area contributed by atoms with Crippen molar-refractivity contribution in [2.45, 2.75) is 38.7 Å². The van der Waals surface area contributed by atoms with Crippen molar-refractivity contribution in [2.24, 2.45) is 10.7 Å². The molecule has 0 amide bonds. The lowest BCUT2D eigenvalue weighted by Gasteiger charge is -2.07. The summed E-state index contributed by atoms with van der Waals surface area (Å²) >= 11 is 0. The monoisotopic (exact) mass is 170 g/mol. The quantitative estimate of drug-likeness (QED) is 0.511. The zero-order valence-corrected chi connectivity index (χ0v) is 7.75. The molecule has 12 heavy (non-hydrogen) atoms. The number of hydrogen-bond donors (Lipinski definition) is 1. The third-order valence-electron chi connectivity index (χ3n) is 2.00. The molecule has 1 atom stereocenters. The van der Waals surface area contributed by atoms with E-state index >= 15 is 0 Å². The molecule has 0 aromatic rings. The largest absolute Gasteiger partial charge is 0.387 e. The lowest BCUT2D eigenvalue weighted by atomic mass is 10.2. The smallest absolute Gasteiger partial charge is 0.0963 e. The molecular formula is C9H18N2O. The van der Waals surface area contributed by atoms with E-state index < -0.39 is 0 Å². The Morgan fingerprint density at radius 1 is 1.67 bits per heavy atom. The van der Waals surface area contributed by atoms with E-state index in [4.69, 9.17) is 10.5 Å². The van der Waals surface area contributed by atoms with E-state index in [2.05, 4.69) is 11.9 Å². The van der Waals surface area contributed by atoms with Gasteiger partial charge in [-0.25, -0.2) is 0 Å². The van der Waals surface area contributed by atoms with Gasteiger partial charge in [0.1, 0.15) is 0 Å². The van der Waals surface area contributed by atoms with Crippen LogP contribution >= 0.6 is 0 Å². The van der Waals surface area contributed by atoms with Crippen molar-refractivity contribution in [2.75, 3.05) is 13.2 Å². The molecule has 1 rings (SSSR count). The minimum Gasteiger partial charge on any atom is -0.387 e. The minimum absolute atomic E-state index is 0.339. The van der Waals surface area contributed by atoms with Gasteiger partial charge in [0, 0.05) is 19.6 Å². The second kappa shape index (κ2) is 5.14. The van der Waals surface area contributed by atoms with Crippen molar-refractivity contribution in [3.8, 4) is 0 Å². The predicted molar refractivity (Wildman–Crippen MR) is 50.4 cm³/mol. The summed E-state index contributed by atoms with van der Waals surface area (Å²) in [7, 11) is 0. The maximum absolute atomic E-state index is 5.71. The van der Waals surface area contributed by atoms with E-state index in [0.717, 1.165) is 38.2 Å². The van der Waals surface area contributed by atoms with Crippen molar-refractivity contribution >= 4 is 5.84 Å². The first-order chi connectivity index (χ1) is 5.83. The average molecular weight is 170 g/mol.